The highest BCUT2D eigenvalue weighted by Crippen LogP contribution is 2.35. The van der Waals surface area contributed by atoms with Crippen LogP contribution in [0.1, 0.15) is 30.5 Å². The van der Waals surface area contributed by atoms with Gasteiger partial charge in [-0.3, -0.25) is 9.69 Å². The molecule has 3 rings (SSSR count). The summed E-state index contributed by atoms with van der Waals surface area (Å²) in [5, 5.41) is 9.26. The third kappa shape index (κ3) is 5.27. The number of amides is 1. The van der Waals surface area contributed by atoms with E-state index in [-0.39, 0.29) is 12.5 Å². The van der Waals surface area contributed by atoms with Crippen molar-refractivity contribution in [2.24, 2.45) is 5.92 Å². The molecule has 0 aromatic heterocycles. The summed E-state index contributed by atoms with van der Waals surface area (Å²) >= 11 is 10.2. The molecule has 0 unspecified atom stereocenters. The fourth-order valence-corrected chi connectivity index (χ4v) is 4.48. The zero-order chi connectivity index (χ0) is 21.0. The van der Waals surface area contributed by atoms with Crippen LogP contribution in [0.4, 0.5) is 0 Å². The van der Waals surface area contributed by atoms with Crippen molar-refractivity contribution in [1.29, 1.82) is 5.26 Å². The molecule has 4 nitrogen and oxygen atoms in total. The Morgan fingerprint density at radius 2 is 2.07 bits per heavy atom. The van der Waals surface area contributed by atoms with Crippen molar-refractivity contribution in [3.8, 4) is 11.8 Å². The summed E-state index contributed by atoms with van der Waals surface area (Å²) in [5.41, 5.74) is 2.17. The van der Waals surface area contributed by atoms with E-state index in [1.807, 2.05) is 42.5 Å². The molecule has 1 aliphatic heterocycles. The van der Waals surface area contributed by atoms with Crippen molar-refractivity contribution in [2.45, 2.75) is 20.5 Å². The van der Waals surface area contributed by atoms with E-state index >= 15 is 0 Å². The maximum absolute atomic E-state index is 12.8. The van der Waals surface area contributed by atoms with Crippen molar-refractivity contribution in [1.82, 2.24) is 4.90 Å². The van der Waals surface area contributed by atoms with Crippen LogP contribution in [0, 0.1) is 17.2 Å². The molecule has 1 saturated heterocycles. The number of nitrogens with zero attached hydrogens (tertiary/aromatic N) is 2. The SMILES string of the molecule is CC(C)CN1C(=O)/C(=C/c2cc(Br)ccc2OCc2ccccc2C#N)SC1=S. The van der Waals surface area contributed by atoms with Crippen LogP contribution in [0.5, 0.6) is 5.75 Å². The monoisotopic (exact) mass is 486 g/mol. The summed E-state index contributed by atoms with van der Waals surface area (Å²) in [6, 6.07) is 15.1. The van der Waals surface area contributed by atoms with E-state index in [2.05, 4.69) is 35.8 Å². The van der Waals surface area contributed by atoms with E-state index in [0.29, 0.717) is 33.0 Å². The first kappa shape index (κ1) is 21.6. The van der Waals surface area contributed by atoms with Gasteiger partial charge in [-0.1, -0.05) is 72.0 Å². The first-order valence-corrected chi connectivity index (χ1v) is 11.1. The van der Waals surface area contributed by atoms with Gasteiger partial charge >= 0.3 is 0 Å². The predicted molar refractivity (Wildman–Crippen MR) is 124 cm³/mol. The topological polar surface area (TPSA) is 53.3 Å². The maximum Gasteiger partial charge on any atom is 0.266 e. The van der Waals surface area contributed by atoms with E-state index in [1.165, 1.54) is 11.8 Å². The van der Waals surface area contributed by atoms with E-state index < -0.39 is 0 Å². The first-order chi connectivity index (χ1) is 13.9. The Morgan fingerprint density at radius 1 is 1.31 bits per heavy atom. The van der Waals surface area contributed by atoms with Crippen LogP contribution in [0.25, 0.3) is 6.08 Å². The second-order valence-corrected chi connectivity index (χ2v) is 9.52. The Kier molecular flexibility index (Phi) is 7.12. The highest BCUT2D eigenvalue weighted by atomic mass is 79.9. The van der Waals surface area contributed by atoms with Gasteiger partial charge in [0.05, 0.1) is 16.5 Å². The largest absolute Gasteiger partial charge is 0.488 e. The van der Waals surface area contributed by atoms with Gasteiger partial charge < -0.3 is 4.74 Å². The first-order valence-electron chi connectivity index (χ1n) is 9.04. The number of hydrogen-bond acceptors (Lipinski definition) is 5. The van der Waals surface area contributed by atoms with Gasteiger partial charge in [-0.25, -0.2) is 0 Å². The summed E-state index contributed by atoms with van der Waals surface area (Å²) in [4.78, 5) is 15.0. The van der Waals surface area contributed by atoms with E-state index in [4.69, 9.17) is 17.0 Å². The van der Waals surface area contributed by atoms with Gasteiger partial charge in [0.1, 0.15) is 16.7 Å². The van der Waals surface area contributed by atoms with Crippen molar-refractivity contribution in [2.75, 3.05) is 6.54 Å². The molecule has 2 aromatic carbocycles. The van der Waals surface area contributed by atoms with Crippen molar-refractivity contribution in [3.05, 3.63) is 68.5 Å². The molecule has 0 saturated carbocycles. The Morgan fingerprint density at radius 3 is 2.79 bits per heavy atom. The van der Waals surface area contributed by atoms with Crippen LogP contribution in [0.2, 0.25) is 0 Å². The molecule has 0 N–H and O–H groups in total. The minimum absolute atomic E-state index is 0.0746. The molecule has 1 heterocycles. The lowest BCUT2D eigenvalue weighted by molar-refractivity contribution is -0.122. The molecule has 2 aromatic rings. The van der Waals surface area contributed by atoms with Crippen LogP contribution in [0.15, 0.2) is 51.8 Å². The zero-order valence-electron chi connectivity index (χ0n) is 16.0. The molecule has 7 heteroatoms. The standard InChI is InChI=1S/C22H19BrN2O2S2/c1-14(2)12-25-21(26)20(29-22(25)28)10-17-9-18(23)7-8-19(17)27-13-16-6-4-3-5-15(16)11-24/h3-10,14H,12-13H2,1-2H3/b20-10-. The molecule has 1 fully saturated rings. The predicted octanol–water partition coefficient (Wildman–Crippen LogP) is 5.76. The van der Waals surface area contributed by atoms with Crippen LogP contribution in [-0.4, -0.2) is 21.7 Å². The van der Waals surface area contributed by atoms with Crippen molar-refractivity contribution >= 4 is 56.2 Å². The molecule has 1 amide bonds. The third-order valence-corrected chi connectivity index (χ3v) is 6.07. The molecule has 0 bridgehead atoms. The van der Waals surface area contributed by atoms with E-state index in [9.17, 15) is 10.1 Å². The zero-order valence-corrected chi connectivity index (χ0v) is 19.2. The molecule has 0 atom stereocenters. The number of carbonyl (C=O) groups is 1. The number of halogens is 1. The number of carbonyl (C=O) groups excluding carboxylic acids is 1. The smallest absolute Gasteiger partial charge is 0.266 e. The van der Waals surface area contributed by atoms with Crippen molar-refractivity contribution in [3.63, 3.8) is 0 Å². The molecule has 0 spiro atoms. The summed E-state index contributed by atoms with van der Waals surface area (Å²) in [7, 11) is 0. The fourth-order valence-electron chi connectivity index (χ4n) is 2.84. The van der Waals surface area contributed by atoms with Gasteiger partial charge in [-0.15, -0.1) is 0 Å². The second-order valence-electron chi connectivity index (χ2n) is 6.93. The lowest BCUT2D eigenvalue weighted by atomic mass is 10.1. The third-order valence-electron chi connectivity index (χ3n) is 4.20. The van der Waals surface area contributed by atoms with Gasteiger partial charge in [0.25, 0.3) is 5.91 Å². The number of thioether (sulfide) groups is 1. The molecule has 0 radical (unpaired) electrons. The molecule has 148 valence electrons. The minimum Gasteiger partial charge on any atom is -0.488 e. The Labute approximate surface area is 188 Å². The average Bonchev–Trinajstić information content (AvgIpc) is 2.94. The molecule has 0 aliphatic carbocycles. The Bertz CT molecular complexity index is 1030. The number of nitriles is 1. The van der Waals surface area contributed by atoms with Gasteiger partial charge in [0.2, 0.25) is 0 Å². The maximum atomic E-state index is 12.8. The van der Waals surface area contributed by atoms with Gasteiger partial charge in [0, 0.05) is 22.1 Å². The number of benzene rings is 2. The van der Waals surface area contributed by atoms with Crippen LogP contribution in [0.3, 0.4) is 0 Å². The molecular formula is C22H19BrN2O2S2. The lowest BCUT2D eigenvalue weighted by Gasteiger charge is -2.16. The Hall–Kier alpha value is -2.14. The molecule has 1 aliphatic rings. The molecule has 29 heavy (non-hydrogen) atoms. The fraction of sp³-hybridized carbons (Fsp3) is 0.227. The highest BCUT2D eigenvalue weighted by molar-refractivity contribution is 9.10. The van der Waals surface area contributed by atoms with Gasteiger partial charge in [-0.05, 0) is 36.3 Å². The highest BCUT2D eigenvalue weighted by Gasteiger charge is 2.32. The quantitative estimate of drug-likeness (QED) is 0.383. The van der Waals surface area contributed by atoms with Crippen LogP contribution >= 0.6 is 39.9 Å². The number of ether oxygens (including phenoxy) is 1. The van der Waals surface area contributed by atoms with E-state index in [1.54, 1.807) is 11.0 Å². The summed E-state index contributed by atoms with van der Waals surface area (Å²) in [6.45, 7) is 4.98. The van der Waals surface area contributed by atoms with Crippen LogP contribution in [-0.2, 0) is 11.4 Å². The Balaban J connectivity index is 1.86. The summed E-state index contributed by atoms with van der Waals surface area (Å²) in [5.74, 6) is 0.895. The van der Waals surface area contributed by atoms with Gasteiger partial charge in [0.15, 0.2) is 0 Å². The number of rotatable bonds is 6. The lowest BCUT2D eigenvalue weighted by Crippen LogP contribution is -2.31. The number of hydrogen-bond donors (Lipinski definition) is 0. The average molecular weight is 487 g/mol. The van der Waals surface area contributed by atoms with E-state index in [0.717, 1.165) is 15.6 Å². The minimum atomic E-state index is -0.0746. The van der Waals surface area contributed by atoms with Crippen LogP contribution < -0.4 is 4.74 Å². The van der Waals surface area contributed by atoms with Gasteiger partial charge in [-0.2, -0.15) is 5.26 Å². The summed E-state index contributed by atoms with van der Waals surface area (Å²) in [6.07, 6.45) is 1.82. The normalized spacial score (nSPS) is 15.3. The number of thiocarbonyl (C=S) groups is 1. The van der Waals surface area contributed by atoms with Crippen molar-refractivity contribution < 1.29 is 9.53 Å². The second kappa shape index (κ2) is 9.57. The summed E-state index contributed by atoms with van der Waals surface area (Å²) < 4.78 is 7.46. The molecular weight excluding hydrogens is 468 g/mol.